The summed E-state index contributed by atoms with van der Waals surface area (Å²) in [5.74, 6) is -4.28. The number of halogens is 7. The van der Waals surface area contributed by atoms with Crippen LogP contribution < -0.4 is 4.90 Å². The van der Waals surface area contributed by atoms with E-state index in [9.17, 15) is 40.3 Å². The molecule has 0 radical (unpaired) electrons. The van der Waals surface area contributed by atoms with Gasteiger partial charge in [-0.05, 0) is 12.5 Å². The van der Waals surface area contributed by atoms with Gasteiger partial charge in [0.05, 0.1) is 12.1 Å². The molecule has 0 saturated carbocycles. The fourth-order valence-electron chi connectivity index (χ4n) is 4.45. The zero-order valence-electron chi connectivity index (χ0n) is 19.2. The third-order valence-electron chi connectivity index (χ3n) is 6.42. The minimum atomic E-state index is -4.85. The summed E-state index contributed by atoms with van der Waals surface area (Å²) in [5, 5.41) is 6.60. The zero-order valence-corrected chi connectivity index (χ0v) is 19.2. The van der Waals surface area contributed by atoms with Crippen molar-refractivity contribution >= 4 is 17.8 Å². The van der Waals surface area contributed by atoms with Crippen molar-refractivity contribution in [2.24, 2.45) is 16.1 Å². The van der Waals surface area contributed by atoms with Crippen molar-refractivity contribution in [1.82, 2.24) is 19.8 Å². The van der Waals surface area contributed by atoms with E-state index in [1.54, 1.807) is 9.80 Å². The summed E-state index contributed by atoms with van der Waals surface area (Å²) in [6.45, 7) is 0.878. The molecule has 4 heterocycles. The van der Waals surface area contributed by atoms with E-state index in [1.165, 1.54) is 4.90 Å². The van der Waals surface area contributed by atoms with Crippen molar-refractivity contribution in [1.29, 1.82) is 0 Å². The van der Waals surface area contributed by atoms with Crippen molar-refractivity contribution in [2.45, 2.75) is 43.8 Å². The van der Waals surface area contributed by atoms with Crippen molar-refractivity contribution < 1.29 is 40.3 Å². The molecule has 9 nitrogen and oxygen atoms in total. The first-order valence-corrected chi connectivity index (χ1v) is 11.4. The highest BCUT2D eigenvalue weighted by Crippen LogP contribution is 2.36. The van der Waals surface area contributed by atoms with Crippen molar-refractivity contribution in [2.75, 3.05) is 37.6 Å². The van der Waals surface area contributed by atoms with Crippen LogP contribution in [0, 0.1) is 5.92 Å². The first kappa shape index (κ1) is 26.7. The molecule has 2 fully saturated rings. The minimum absolute atomic E-state index is 0.00325. The highest BCUT2D eigenvalue weighted by molar-refractivity contribution is 5.82. The fraction of sp³-hybridized carbons (Fsp3) is 0.619. The number of rotatable bonds is 5. The van der Waals surface area contributed by atoms with Gasteiger partial charge in [0.25, 0.3) is 5.91 Å². The van der Waals surface area contributed by atoms with Crippen LogP contribution in [-0.4, -0.2) is 82.7 Å². The van der Waals surface area contributed by atoms with Gasteiger partial charge in [-0.2, -0.15) is 26.3 Å². The molecule has 0 spiro atoms. The number of azo groups is 1. The molecule has 1 unspecified atom stereocenters. The summed E-state index contributed by atoms with van der Waals surface area (Å²) < 4.78 is 91.6. The molecule has 4 rings (SSSR count). The Kier molecular flexibility index (Phi) is 7.37. The number of aromatic nitrogens is 2. The van der Waals surface area contributed by atoms with Gasteiger partial charge in [0.1, 0.15) is 12.0 Å². The van der Waals surface area contributed by atoms with E-state index in [0.29, 0.717) is 31.6 Å². The summed E-state index contributed by atoms with van der Waals surface area (Å²) in [6.07, 6.45) is -8.58. The number of likely N-dealkylation sites (tertiary alicyclic amines) is 1. The third-order valence-corrected chi connectivity index (χ3v) is 6.42. The van der Waals surface area contributed by atoms with Crippen LogP contribution in [0.2, 0.25) is 0 Å². The van der Waals surface area contributed by atoms with E-state index < -0.39 is 42.0 Å². The fourth-order valence-corrected chi connectivity index (χ4v) is 4.45. The summed E-state index contributed by atoms with van der Waals surface area (Å²) in [5.41, 5.74) is -0.965. The molecule has 0 bridgehead atoms. The summed E-state index contributed by atoms with van der Waals surface area (Å²) >= 11 is 0. The Morgan fingerprint density at radius 1 is 1.00 bits per heavy atom. The molecule has 202 valence electrons. The monoisotopic (exact) mass is 537 g/mol. The third kappa shape index (κ3) is 6.15. The lowest BCUT2D eigenvalue weighted by molar-refractivity contribution is -0.171. The molecule has 0 N–H and O–H groups in total. The Bertz CT molecular complexity index is 1070. The van der Waals surface area contributed by atoms with E-state index in [0.717, 1.165) is 0 Å². The van der Waals surface area contributed by atoms with E-state index >= 15 is 0 Å². The van der Waals surface area contributed by atoms with Crippen LogP contribution in [0.3, 0.4) is 0 Å². The maximum absolute atomic E-state index is 14.2. The van der Waals surface area contributed by atoms with Gasteiger partial charge in [-0.3, -0.25) is 9.59 Å². The van der Waals surface area contributed by atoms with Gasteiger partial charge in [-0.15, -0.1) is 10.2 Å². The van der Waals surface area contributed by atoms with E-state index in [1.807, 2.05) is 0 Å². The molecule has 2 amide bonds. The molecule has 3 atom stereocenters. The van der Waals surface area contributed by atoms with Gasteiger partial charge in [-0.25, -0.2) is 14.4 Å². The zero-order chi connectivity index (χ0) is 27.0. The van der Waals surface area contributed by atoms with Gasteiger partial charge in [0.2, 0.25) is 11.9 Å². The van der Waals surface area contributed by atoms with Gasteiger partial charge < -0.3 is 14.7 Å². The molecule has 0 aromatic carbocycles. The summed E-state index contributed by atoms with van der Waals surface area (Å²) in [6, 6.07) is -0.604. The van der Waals surface area contributed by atoms with Crippen LogP contribution in [0.25, 0.3) is 0 Å². The molecule has 2 saturated heterocycles. The molecular weight excluding hydrogens is 515 g/mol. The molecule has 1 aromatic heterocycles. The number of carbonyl (C=O) groups excluding carboxylic acids is 2. The summed E-state index contributed by atoms with van der Waals surface area (Å²) in [7, 11) is 0. The van der Waals surface area contributed by atoms with Gasteiger partial charge in [-0.1, -0.05) is 0 Å². The highest BCUT2D eigenvalue weighted by Gasteiger charge is 2.47. The maximum Gasteiger partial charge on any atom is 0.419 e. The van der Waals surface area contributed by atoms with Crippen LogP contribution in [-0.2, 0) is 15.8 Å². The number of carbonyl (C=O) groups is 2. The van der Waals surface area contributed by atoms with E-state index in [-0.39, 0.29) is 56.6 Å². The molecule has 3 aliphatic rings. The Labute approximate surface area is 206 Å². The van der Waals surface area contributed by atoms with Crippen molar-refractivity contribution in [3.63, 3.8) is 0 Å². The average molecular weight is 537 g/mol. The normalized spacial score (nSPS) is 25.1. The number of amides is 2. The maximum atomic E-state index is 14.2. The predicted molar refractivity (Wildman–Crippen MR) is 113 cm³/mol. The second-order valence-corrected chi connectivity index (χ2v) is 8.90. The topological polar surface area (TPSA) is 94.4 Å². The molecule has 37 heavy (non-hydrogen) atoms. The molecule has 1 aromatic rings. The first-order valence-electron chi connectivity index (χ1n) is 11.4. The number of nitrogens with zero attached hydrogens (tertiary/aromatic N) is 7. The largest absolute Gasteiger partial charge is 0.419 e. The van der Waals surface area contributed by atoms with Gasteiger partial charge in [0.15, 0.2) is 5.92 Å². The average Bonchev–Trinajstić information content (AvgIpc) is 3.22. The second-order valence-electron chi connectivity index (χ2n) is 8.90. The number of anilines is 1. The molecule has 16 heteroatoms. The van der Waals surface area contributed by atoms with Crippen molar-refractivity contribution in [3.8, 4) is 0 Å². The standard InChI is InChI=1S/C21H22F7N7O2/c22-13-7-14(35(11-13)16-8-15(21(26,27)28)18(37)32-31-16)1-2-17(36)33-3-5-34(6-4-33)19-29-9-12(10-30-19)20(23,24)25/h8-10,13-15H,1-7,11H2/t13-,14-,15?/m1/s1. The lowest BCUT2D eigenvalue weighted by atomic mass is 10.1. The van der Waals surface area contributed by atoms with Crippen LogP contribution in [0.1, 0.15) is 24.8 Å². The molecule has 3 aliphatic heterocycles. The van der Waals surface area contributed by atoms with Crippen LogP contribution in [0.4, 0.5) is 36.7 Å². The highest BCUT2D eigenvalue weighted by atomic mass is 19.4. The van der Waals surface area contributed by atoms with E-state index in [4.69, 9.17) is 0 Å². The number of piperazine rings is 1. The van der Waals surface area contributed by atoms with Crippen LogP contribution in [0.5, 0.6) is 0 Å². The first-order chi connectivity index (χ1) is 17.3. The smallest absolute Gasteiger partial charge is 0.349 e. The van der Waals surface area contributed by atoms with Gasteiger partial charge in [0, 0.05) is 57.5 Å². The van der Waals surface area contributed by atoms with Gasteiger partial charge >= 0.3 is 12.4 Å². The second kappa shape index (κ2) is 10.2. The SMILES string of the molecule is O=C1N=NC(N2C[C@H](F)C[C@H]2CCC(=O)N2CCN(c3ncc(C(F)(F)F)cn3)CC2)=CC1C(F)(F)F. The Balaban J connectivity index is 1.31. The Morgan fingerprint density at radius 3 is 2.24 bits per heavy atom. The minimum Gasteiger partial charge on any atom is -0.349 e. The quantitative estimate of drug-likeness (QED) is 0.535. The van der Waals surface area contributed by atoms with Crippen LogP contribution in [0.15, 0.2) is 34.5 Å². The molecule has 0 aliphatic carbocycles. The van der Waals surface area contributed by atoms with Crippen molar-refractivity contribution in [3.05, 3.63) is 29.9 Å². The summed E-state index contributed by atoms with van der Waals surface area (Å²) in [4.78, 5) is 36.2. The Morgan fingerprint density at radius 2 is 1.65 bits per heavy atom. The number of alkyl halides is 7. The number of hydrogen-bond acceptors (Lipinski definition) is 7. The lowest BCUT2D eigenvalue weighted by Crippen LogP contribution is -2.49. The lowest BCUT2D eigenvalue weighted by Gasteiger charge is -2.35. The Hall–Kier alpha value is -3.33. The molecular formula is C21H22F7N7O2. The number of hydrogen-bond donors (Lipinski definition) is 0. The predicted octanol–water partition coefficient (Wildman–Crippen LogP) is 3.35. The van der Waals surface area contributed by atoms with E-state index in [2.05, 4.69) is 20.2 Å². The van der Waals surface area contributed by atoms with Crippen LogP contribution >= 0.6 is 0 Å².